The minimum absolute atomic E-state index is 0.0724. The van der Waals surface area contributed by atoms with E-state index in [2.05, 4.69) is 0 Å². The normalized spacial score (nSPS) is 21.8. The second-order valence-corrected chi connectivity index (χ2v) is 2.96. The SMILES string of the molecule is Fc1cc(Cl)cc(C2CO2)c1. The van der Waals surface area contributed by atoms with Crippen LogP contribution in [0.15, 0.2) is 18.2 Å². The minimum Gasteiger partial charge on any atom is -0.368 e. The van der Waals surface area contributed by atoms with Crippen molar-refractivity contribution in [2.24, 2.45) is 0 Å². The topological polar surface area (TPSA) is 12.5 Å². The van der Waals surface area contributed by atoms with Crippen LogP contribution in [0.2, 0.25) is 5.02 Å². The molecule has 1 aromatic rings. The molecule has 0 bridgehead atoms. The molecule has 0 aromatic heterocycles. The number of rotatable bonds is 1. The van der Waals surface area contributed by atoms with E-state index in [0.29, 0.717) is 11.6 Å². The molecule has 0 aliphatic carbocycles. The van der Waals surface area contributed by atoms with E-state index in [0.717, 1.165) is 5.56 Å². The maximum absolute atomic E-state index is 12.7. The molecule has 1 unspecified atom stereocenters. The Hall–Kier alpha value is -0.600. The minimum atomic E-state index is -0.303. The Balaban J connectivity index is 2.39. The molecule has 1 saturated heterocycles. The Morgan fingerprint density at radius 2 is 2.18 bits per heavy atom. The summed E-state index contributed by atoms with van der Waals surface area (Å²) in [6.45, 7) is 0.680. The van der Waals surface area contributed by atoms with Gasteiger partial charge in [-0.25, -0.2) is 4.39 Å². The predicted molar refractivity (Wildman–Crippen MR) is 40.1 cm³/mol. The Kier molecular flexibility index (Phi) is 1.59. The molecule has 0 N–H and O–H groups in total. The van der Waals surface area contributed by atoms with Crippen molar-refractivity contribution >= 4 is 11.6 Å². The summed E-state index contributed by atoms with van der Waals surface area (Å²) in [6.07, 6.45) is 0.0724. The Morgan fingerprint density at radius 3 is 2.73 bits per heavy atom. The fraction of sp³-hybridized carbons (Fsp3) is 0.250. The average Bonchev–Trinajstić information content (AvgIpc) is 2.64. The summed E-state index contributed by atoms with van der Waals surface area (Å²) >= 11 is 5.63. The first-order chi connectivity index (χ1) is 5.25. The van der Waals surface area contributed by atoms with Gasteiger partial charge >= 0.3 is 0 Å². The summed E-state index contributed by atoms with van der Waals surface area (Å²) in [7, 11) is 0. The summed E-state index contributed by atoms with van der Waals surface area (Å²) in [5.41, 5.74) is 0.829. The maximum atomic E-state index is 12.7. The molecule has 1 aliphatic rings. The molecular formula is C8H6ClFO. The van der Waals surface area contributed by atoms with Gasteiger partial charge in [0.05, 0.1) is 6.61 Å². The number of hydrogen-bond acceptors (Lipinski definition) is 1. The predicted octanol–water partition coefficient (Wildman–Crippen LogP) is 2.55. The van der Waals surface area contributed by atoms with E-state index in [1.54, 1.807) is 6.07 Å². The first-order valence-corrected chi connectivity index (χ1v) is 3.71. The van der Waals surface area contributed by atoms with Crippen molar-refractivity contribution in [3.8, 4) is 0 Å². The van der Waals surface area contributed by atoms with Crippen molar-refractivity contribution < 1.29 is 9.13 Å². The summed E-state index contributed by atoms with van der Waals surface area (Å²) < 4.78 is 17.7. The third kappa shape index (κ3) is 1.52. The van der Waals surface area contributed by atoms with Gasteiger partial charge in [-0.2, -0.15) is 0 Å². The van der Waals surface area contributed by atoms with Crippen molar-refractivity contribution in [2.45, 2.75) is 6.10 Å². The van der Waals surface area contributed by atoms with Crippen LogP contribution in [0.1, 0.15) is 11.7 Å². The van der Waals surface area contributed by atoms with E-state index in [9.17, 15) is 4.39 Å². The van der Waals surface area contributed by atoms with E-state index in [4.69, 9.17) is 16.3 Å². The van der Waals surface area contributed by atoms with Crippen molar-refractivity contribution in [3.05, 3.63) is 34.6 Å². The smallest absolute Gasteiger partial charge is 0.125 e. The Labute approximate surface area is 68.7 Å². The number of benzene rings is 1. The highest BCUT2D eigenvalue weighted by Crippen LogP contribution is 2.31. The first-order valence-electron chi connectivity index (χ1n) is 3.33. The van der Waals surface area contributed by atoms with Crippen molar-refractivity contribution in [3.63, 3.8) is 0 Å². The fourth-order valence-corrected chi connectivity index (χ4v) is 1.23. The molecule has 0 radical (unpaired) electrons. The van der Waals surface area contributed by atoms with Crippen molar-refractivity contribution in [1.29, 1.82) is 0 Å². The molecule has 58 valence electrons. The van der Waals surface area contributed by atoms with Gasteiger partial charge in [0, 0.05) is 5.02 Å². The summed E-state index contributed by atoms with van der Waals surface area (Å²) in [5.74, 6) is -0.303. The van der Waals surface area contributed by atoms with Gasteiger partial charge in [0.2, 0.25) is 0 Å². The maximum Gasteiger partial charge on any atom is 0.125 e. The number of ether oxygens (including phenoxy) is 1. The van der Waals surface area contributed by atoms with Crippen LogP contribution in [-0.2, 0) is 4.74 Å². The molecule has 1 aliphatic heterocycles. The van der Waals surface area contributed by atoms with Gasteiger partial charge in [-0.1, -0.05) is 11.6 Å². The van der Waals surface area contributed by atoms with Gasteiger partial charge < -0.3 is 4.74 Å². The monoisotopic (exact) mass is 172 g/mol. The zero-order valence-corrected chi connectivity index (χ0v) is 6.44. The average molecular weight is 173 g/mol. The molecule has 11 heavy (non-hydrogen) atoms. The molecule has 0 spiro atoms. The van der Waals surface area contributed by atoms with Crippen molar-refractivity contribution in [2.75, 3.05) is 6.61 Å². The lowest BCUT2D eigenvalue weighted by atomic mass is 10.2. The number of halogens is 2. The second kappa shape index (κ2) is 2.47. The van der Waals surface area contributed by atoms with Crippen LogP contribution >= 0.6 is 11.6 Å². The zero-order chi connectivity index (χ0) is 7.84. The van der Waals surface area contributed by atoms with E-state index in [-0.39, 0.29) is 11.9 Å². The van der Waals surface area contributed by atoms with E-state index in [1.165, 1.54) is 12.1 Å². The number of epoxide rings is 1. The van der Waals surface area contributed by atoms with Gasteiger partial charge in [0.1, 0.15) is 11.9 Å². The lowest BCUT2D eigenvalue weighted by Crippen LogP contribution is -1.82. The van der Waals surface area contributed by atoms with Crippen LogP contribution < -0.4 is 0 Å². The Morgan fingerprint density at radius 1 is 1.45 bits per heavy atom. The summed E-state index contributed by atoms with van der Waals surface area (Å²) in [6, 6.07) is 4.46. The molecule has 1 aromatic carbocycles. The molecule has 0 saturated carbocycles. The molecule has 1 heterocycles. The molecule has 2 rings (SSSR count). The van der Waals surface area contributed by atoms with Gasteiger partial charge in [0.15, 0.2) is 0 Å². The molecule has 3 heteroatoms. The summed E-state index contributed by atoms with van der Waals surface area (Å²) in [5, 5.41) is 0.426. The van der Waals surface area contributed by atoms with E-state index in [1.807, 2.05) is 0 Å². The largest absolute Gasteiger partial charge is 0.368 e. The van der Waals surface area contributed by atoms with Crippen molar-refractivity contribution in [1.82, 2.24) is 0 Å². The van der Waals surface area contributed by atoms with Crippen LogP contribution in [0.5, 0.6) is 0 Å². The quantitative estimate of drug-likeness (QED) is 0.593. The van der Waals surface area contributed by atoms with Crippen LogP contribution in [-0.4, -0.2) is 6.61 Å². The third-order valence-corrected chi connectivity index (χ3v) is 1.81. The Bertz CT molecular complexity index is 263. The zero-order valence-electron chi connectivity index (χ0n) is 5.68. The molecule has 1 fully saturated rings. The van der Waals surface area contributed by atoms with Gasteiger partial charge in [-0.05, 0) is 23.8 Å². The molecule has 1 atom stereocenters. The van der Waals surface area contributed by atoms with Crippen LogP contribution in [0, 0.1) is 5.82 Å². The third-order valence-electron chi connectivity index (χ3n) is 1.59. The standard InChI is InChI=1S/C8H6ClFO/c9-6-1-5(8-4-11-8)2-7(10)3-6/h1-3,8H,4H2. The van der Waals surface area contributed by atoms with Crippen LogP contribution in [0.4, 0.5) is 4.39 Å². The molecular weight excluding hydrogens is 167 g/mol. The van der Waals surface area contributed by atoms with Gasteiger partial charge in [-0.15, -0.1) is 0 Å². The lowest BCUT2D eigenvalue weighted by Gasteiger charge is -1.96. The second-order valence-electron chi connectivity index (χ2n) is 2.52. The van der Waals surface area contributed by atoms with Gasteiger partial charge in [-0.3, -0.25) is 0 Å². The van der Waals surface area contributed by atoms with E-state index >= 15 is 0 Å². The number of hydrogen-bond donors (Lipinski definition) is 0. The highest BCUT2D eigenvalue weighted by atomic mass is 35.5. The van der Waals surface area contributed by atoms with Crippen LogP contribution in [0.3, 0.4) is 0 Å². The fourth-order valence-electron chi connectivity index (χ4n) is 1.00. The molecule has 1 nitrogen and oxygen atoms in total. The van der Waals surface area contributed by atoms with Gasteiger partial charge in [0.25, 0.3) is 0 Å². The summed E-state index contributed by atoms with van der Waals surface area (Å²) in [4.78, 5) is 0. The highest BCUT2D eigenvalue weighted by molar-refractivity contribution is 6.30. The first kappa shape index (κ1) is 7.07. The van der Waals surface area contributed by atoms with Crippen LogP contribution in [0.25, 0.3) is 0 Å². The lowest BCUT2D eigenvalue weighted by molar-refractivity contribution is 0.415. The molecule has 0 amide bonds. The highest BCUT2D eigenvalue weighted by Gasteiger charge is 2.25. The van der Waals surface area contributed by atoms with E-state index < -0.39 is 0 Å².